The zero-order valence-corrected chi connectivity index (χ0v) is 19.5. The Labute approximate surface area is 198 Å². The maximum absolute atomic E-state index is 13.4. The maximum atomic E-state index is 13.4. The number of nitrogens with zero attached hydrogens (tertiary/aromatic N) is 3. The van der Waals surface area contributed by atoms with Crippen LogP contribution in [0.2, 0.25) is 0 Å². The molecule has 2 saturated heterocycles. The van der Waals surface area contributed by atoms with Crippen LogP contribution in [0.1, 0.15) is 37.3 Å². The topological polar surface area (TPSA) is 109 Å². The number of hydrogen-bond donors (Lipinski definition) is 1. The monoisotopic (exact) mass is 533 g/mol. The number of hydroxylamine groups is 1. The van der Waals surface area contributed by atoms with Crippen LogP contribution in [0, 0.1) is 0 Å². The van der Waals surface area contributed by atoms with E-state index in [1.54, 1.807) is 0 Å². The summed E-state index contributed by atoms with van der Waals surface area (Å²) in [5, 5.41) is 9.45. The molecule has 2 aliphatic heterocycles. The molecule has 2 aliphatic rings. The number of halogens is 5. The lowest BCUT2D eigenvalue weighted by atomic mass is 9.94. The molecule has 192 valence electrons. The zero-order valence-electron chi connectivity index (χ0n) is 17.9. The Hall–Kier alpha value is -1.74. The number of pyridine rings is 1. The lowest BCUT2D eigenvalue weighted by Crippen LogP contribution is -2.59. The Kier molecular flexibility index (Phi) is 8.28. The van der Waals surface area contributed by atoms with E-state index in [4.69, 9.17) is 21.3 Å². The average molecular weight is 534 g/mol. The van der Waals surface area contributed by atoms with Crippen LogP contribution in [0.3, 0.4) is 0 Å². The van der Waals surface area contributed by atoms with Gasteiger partial charge in [-0.05, 0) is 25.0 Å². The molecule has 0 spiro atoms. The Bertz CT molecular complexity index is 953. The quantitative estimate of drug-likeness (QED) is 0.237. The van der Waals surface area contributed by atoms with Crippen molar-refractivity contribution >= 4 is 27.7 Å². The van der Waals surface area contributed by atoms with Crippen molar-refractivity contribution in [3.63, 3.8) is 0 Å². The van der Waals surface area contributed by atoms with Crippen LogP contribution < -0.4 is 4.74 Å². The molecular formula is C19H24ClF4N3O6S. The van der Waals surface area contributed by atoms with Gasteiger partial charge in [-0.15, -0.1) is 4.58 Å². The number of carbonyl (C=O) groups is 1. The van der Waals surface area contributed by atoms with E-state index in [1.807, 2.05) is 0 Å². The molecule has 9 nitrogen and oxygen atoms in total. The van der Waals surface area contributed by atoms with Crippen molar-refractivity contribution in [3.05, 3.63) is 24.0 Å². The van der Waals surface area contributed by atoms with Crippen molar-refractivity contribution in [2.24, 2.45) is 0 Å². The van der Waals surface area contributed by atoms with Gasteiger partial charge in [-0.3, -0.25) is 15.0 Å². The molecule has 1 aromatic heterocycles. The second-order valence-electron chi connectivity index (χ2n) is 8.12. The Morgan fingerprint density at radius 1 is 1.32 bits per heavy atom. The van der Waals surface area contributed by atoms with Crippen molar-refractivity contribution in [2.75, 3.05) is 32.9 Å². The first kappa shape index (κ1) is 26.9. The summed E-state index contributed by atoms with van der Waals surface area (Å²) in [4.78, 5) is 16.7. The maximum Gasteiger partial charge on any atom is 0.340 e. The van der Waals surface area contributed by atoms with E-state index in [1.165, 1.54) is 16.4 Å². The molecular weight excluding hydrogens is 510 g/mol. The normalized spacial score (nSPS) is 20.3. The number of carbonyl (C=O) groups excluding carboxylic acids is 1. The molecule has 0 saturated carbocycles. The smallest absolute Gasteiger partial charge is 0.340 e. The highest BCUT2D eigenvalue weighted by atomic mass is 35.5. The van der Waals surface area contributed by atoms with E-state index in [-0.39, 0.29) is 55.4 Å². The van der Waals surface area contributed by atoms with Crippen molar-refractivity contribution < 1.29 is 45.5 Å². The van der Waals surface area contributed by atoms with E-state index in [9.17, 15) is 36.0 Å². The van der Waals surface area contributed by atoms with Crippen LogP contribution in [-0.4, -0.2) is 83.4 Å². The van der Waals surface area contributed by atoms with Gasteiger partial charge in [0, 0.05) is 62.5 Å². The van der Waals surface area contributed by atoms with Crippen LogP contribution >= 0.6 is 11.8 Å². The number of amides is 1. The molecule has 1 N–H and O–H groups in total. The van der Waals surface area contributed by atoms with Crippen molar-refractivity contribution in [3.8, 4) is 5.75 Å². The van der Waals surface area contributed by atoms with Crippen LogP contribution in [-0.2, 0) is 19.6 Å². The molecule has 1 aromatic rings. The predicted octanol–water partition coefficient (Wildman–Crippen LogP) is 2.79. The predicted molar refractivity (Wildman–Crippen MR) is 110 cm³/mol. The fraction of sp³-hybridized carbons (Fsp3) is 0.684. The molecule has 34 heavy (non-hydrogen) atoms. The third-order valence-electron chi connectivity index (χ3n) is 6.07. The van der Waals surface area contributed by atoms with Gasteiger partial charge in [0.2, 0.25) is 10.0 Å². The van der Waals surface area contributed by atoms with Gasteiger partial charge in [0.05, 0.1) is 6.20 Å². The Morgan fingerprint density at radius 2 is 1.94 bits per heavy atom. The number of piperidine rings is 1. The minimum atomic E-state index is -4.28. The van der Waals surface area contributed by atoms with Crippen molar-refractivity contribution in [2.45, 2.75) is 48.7 Å². The van der Waals surface area contributed by atoms with E-state index in [2.05, 4.69) is 4.98 Å². The van der Waals surface area contributed by atoms with E-state index < -0.39 is 39.6 Å². The molecule has 0 radical (unpaired) electrons. The van der Waals surface area contributed by atoms with E-state index in [0.717, 1.165) is 6.20 Å². The molecule has 2 fully saturated rings. The Balaban J connectivity index is 1.65. The highest BCUT2D eigenvalue weighted by molar-refractivity contribution is 7.91. The molecule has 3 rings (SSSR count). The molecule has 0 aliphatic carbocycles. The summed E-state index contributed by atoms with van der Waals surface area (Å²) in [6, 6.07) is 2.84. The van der Waals surface area contributed by atoms with Gasteiger partial charge in [-0.2, -0.15) is 8.78 Å². The SMILES string of the molecule is O=C(N(O)Cl)C1(S(=O)(=O)N2CCC(c3ccc(OCC(F)(F)C(F)F)cn3)CC2)CCOCC1. The summed E-state index contributed by atoms with van der Waals surface area (Å²) in [6.07, 6.45) is -2.27. The second-order valence-corrected chi connectivity index (χ2v) is 10.7. The standard InChI is InChI=1S/C19H24ClF4N3O6S/c20-27(29)17(28)18(5-9-32-10-6-18)34(30,31)26-7-3-13(4-8-26)15-2-1-14(11-25-15)33-12-19(23,24)16(21)22/h1-2,11,13,16,29H,3-10,12H2. The first-order valence-corrected chi connectivity index (χ1v) is 12.2. The fourth-order valence-electron chi connectivity index (χ4n) is 4.05. The summed E-state index contributed by atoms with van der Waals surface area (Å²) in [5.41, 5.74) is 0.559. The van der Waals surface area contributed by atoms with Gasteiger partial charge in [-0.25, -0.2) is 21.5 Å². The largest absolute Gasteiger partial charge is 0.485 e. The third kappa shape index (κ3) is 5.40. The molecule has 15 heteroatoms. The minimum Gasteiger partial charge on any atom is -0.485 e. The van der Waals surface area contributed by atoms with Gasteiger partial charge >= 0.3 is 12.3 Å². The molecule has 0 aromatic carbocycles. The Morgan fingerprint density at radius 3 is 2.44 bits per heavy atom. The van der Waals surface area contributed by atoms with Crippen LogP contribution in [0.25, 0.3) is 0 Å². The van der Waals surface area contributed by atoms with Crippen molar-refractivity contribution in [1.82, 2.24) is 13.9 Å². The summed E-state index contributed by atoms with van der Waals surface area (Å²) >= 11 is 5.39. The van der Waals surface area contributed by atoms with E-state index >= 15 is 0 Å². The van der Waals surface area contributed by atoms with Gasteiger partial charge < -0.3 is 9.47 Å². The first-order chi connectivity index (χ1) is 15.9. The summed E-state index contributed by atoms with van der Waals surface area (Å²) in [6.45, 7) is -1.28. The minimum absolute atomic E-state index is 0.0216. The number of rotatable bonds is 8. The third-order valence-corrected chi connectivity index (χ3v) is 8.84. The van der Waals surface area contributed by atoms with Gasteiger partial charge in [0.15, 0.2) is 11.4 Å². The summed E-state index contributed by atoms with van der Waals surface area (Å²) in [5.74, 6) is -5.67. The van der Waals surface area contributed by atoms with Gasteiger partial charge in [-0.1, -0.05) is 0 Å². The van der Waals surface area contributed by atoms with Crippen LogP contribution in [0.5, 0.6) is 5.75 Å². The van der Waals surface area contributed by atoms with Crippen molar-refractivity contribution in [1.29, 1.82) is 0 Å². The molecule has 0 bridgehead atoms. The number of alkyl halides is 4. The highest BCUT2D eigenvalue weighted by Gasteiger charge is 2.56. The van der Waals surface area contributed by atoms with Gasteiger partial charge in [0.1, 0.15) is 5.75 Å². The summed E-state index contributed by atoms with van der Waals surface area (Å²) < 4.78 is 86.2. The van der Waals surface area contributed by atoms with E-state index in [0.29, 0.717) is 18.5 Å². The van der Waals surface area contributed by atoms with Crippen LogP contribution in [0.4, 0.5) is 17.6 Å². The number of sulfonamides is 1. The molecule has 3 heterocycles. The number of ether oxygens (including phenoxy) is 2. The lowest BCUT2D eigenvalue weighted by molar-refractivity contribution is -0.152. The fourth-order valence-corrected chi connectivity index (χ4v) is 6.44. The number of hydrogen-bond acceptors (Lipinski definition) is 7. The highest BCUT2D eigenvalue weighted by Crippen LogP contribution is 2.38. The zero-order chi connectivity index (χ0) is 25.1. The first-order valence-electron chi connectivity index (χ1n) is 10.4. The van der Waals surface area contributed by atoms with Gasteiger partial charge in [0.25, 0.3) is 5.91 Å². The summed E-state index contributed by atoms with van der Waals surface area (Å²) in [7, 11) is -4.19. The molecule has 0 atom stereocenters. The second kappa shape index (κ2) is 10.5. The number of aromatic nitrogens is 1. The molecule has 0 unspecified atom stereocenters. The average Bonchev–Trinajstić information content (AvgIpc) is 2.83. The molecule has 1 amide bonds. The van der Waals surface area contributed by atoms with Crippen LogP contribution in [0.15, 0.2) is 18.3 Å². The lowest BCUT2D eigenvalue weighted by Gasteiger charge is -2.41.